The van der Waals surface area contributed by atoms with Crippen molar-refractivity contribution in [1.82, 2.24) is 9.97 Å². The van der Waals surface area contributed by atoms with Gasteiger partial charge < -0.3 is 15.8 Å². The number of hydrogen-bond acceptors (Lipinski definition) is 5. The van der Waals surface area contributed by atoms with Gasteiger partial charge in [-0.25, -0.2) is 15.0 Å². The molecule has 2 rings (SSSR count). The third kappa shape index (κ3) is 5.33. The van der Waals surface area contributed by atoms with E-state index in [1.807, 2.05) is 44.3 Å². The first-order valence-electron chi connectivity index (χ1n) is 7.61. The second-order valence-corrected chi connectivity index (χ2v) is 5.28. The molecule has 0 saturated carbocycles. The van der Waals surface area contributed by atoms with Gasteiger partial charge in [0.15, 0.2) is 6.21 Å². The molecule has 0 aliphatic carbocycles. The van der Waals surface area contributed by atoms with Crippen LogP contribution in [0.25, 0.3) is 5.57 Å². The van der Waals surface area contributed by atoms with Gasteiger partial charge in [-0.2, -0.15) is 0 Å². The molecule has 6 nitrogen and oxygen atoms in total. The Bertz CT molecular complexity index is 715. The highest BCUT2D eigenvalue weighted by molar-refractivity contribution is 6.28. The molecular formula is C17H21ClN5O+. The van der Waals surface area contributed by atoms with Crippen molar-refractivity contribution < 1.29 is 9.73 Å². The van der Waals surface area contributed by atoms with Gasteiger partial charge in [-0.05, 0) is 42.3 Å². The fraction of sp³-hybridized carbons (Fsp3) is 0.235. The quantitative estimate of drug-likeness (QED) is 0.403. The molecule has 4 N–H and O–H groups in total. The van der Waals surface area contributed by atoms with E-state index in [0.717, 1.165) is 16.8 Å². The van der Waals surface area contributed by atoms with Gasteiger partial charge in [0, 0.05) is 25.0 Å². The maximum Gasteiger partial charge on any atom is 0.252 e. The van der Waals surface area contributed by atoms with Crippen LogP contribution in [0.5, 0.6) is 0 Å². The van der Waals surface area contributed by atoms with E-state index < -0.39 is 0 Å². The van der Waals surface area contributed by atoms with Crippen molar-refractivity contribution in [3.05, 3.63) is 53.6 Å². The van der Waals surface area contributed by atoms with Crippen LogP contribution in [0.3, 0.4) is 0 Å². The number of nitrogens with two attached hydrogens (primary N) is 1. The summed E-state index contributed by atoms with van der Waals surface area (Å²) < 4.78 is 5.42. The molecule has 0 saturated heterocycles. The number of allylic oxidation sites excluding steroid dienone is 1. The van der Waals surface area contributed by atoms with Gasteiger partial charge in [0.2, 0.25) is 5.28 Å². The van der Waals surface area contributed by atoms with Gasteiger partial charge in [0.05, 0.1) is 12.2 Å². The van der Waals surface area contributed by atoms with E-state index in [2.05, 4.69) is 20.3 Å². The molecule has 0 aliphatic rings. The normalized spacial score (nSPS) is 13.2. The van der Waals surface area contributed by atoms with Gasteiger partial charge in [0.25, 0.3) is 6.23 Å². The minimum Gasteiger partial charge on any atom is -0.404 e. The number of anilines is 2. The fourth-order valence-corrected chi connectivity index (χ4v) is 2.18. The fourth-order valence-electron chi connectivity index (χ4n) is 2.03. The minimum atomic E-state index is -0.0756. The van der Waals surface area contributed by atoms with E-state index >= 15 is 0 Å². The van der Waals surface area contributed by atoms with Crippen LogP contribution in [0.15, 0.2) is 42.7 Å². The second kappa shape index (κ2) is 9.00. The predicted octanol–water partition coefficient (Wildman–Crippen LogP) is 1.71. The van der Waals surface area contributed by atoms with Gasteiger partial charge >= 0.3 is 0 Å². The van der Waals surface area contributed by atoms with Gasteiger partial charge in [-0.15, -0.1) is 0 Å². The Labute approximate surface area is 146 Å². The molecule has 0 spiro atoms. The van der Waals surface area contributed by atoms with Crippen LogP contribution < -0.4 is 16.0 Å². The number of hydrogen-bond donors (Lipinski definition) is 3. The Morgan fingerprint density at radius 3 is 2.75 bits per heavy atom. The van der Waals surface area contributed by atoms with Crippen LogP contribution in [0.2, 0.25) is 5.28 Å². The number of nitrogens with zero attached hydrogens (tertiary/aromatic N) is 2. The largest absolute Gasteiger partial charge is 0.404 e. The average molecular weight is 347 g/mol. The van der Waals surface area contributed by atoms with Crippen molar-refractivity contribution in [2.24, 2.45) is 5.73 Å². The van der Waals surface area contributed by atoms with Crippen LogP contribution in [0.1, 0.15) is 19.4 Å². The number of nitrogens with one attached hydrogen (secondary N) is 2. The van der Waals surface area contributed by atoms with Crippen LogP contribution >= 0.6 is 11.6 Å². The number of halogens is 1. The Balaban J connectivity index is 2.07. The first-order valence-corrected chi connectivity index (χ1v) is 7.99. The summed E-state index contributed by atoms with van der Waals surface area (Å²) in [6.07, 6.45) is 4.92. The molecule has 24 heavy (non-hydrogen) atoms. The van der Waals surface area contributed by atoms with Crippen LogP contribution in [0.4, 0.5) is 11.5 Å². The molecule has 0 radical (unpaired) electrons. The third-order valence-corrected chi connectivity index (χ3v) is 3.37. The lowest BCUT2D eigenvalue weighted by Crippen LogP contribution is -2.76. The van der Waals surface area contributed by atoms with Gasteiger partial charge in [-0.3, -0.25) is 0 Å². The Morgan fingerprint density at radius 2 is 2.12 bits per heavy atom. The molecule has 1 atom stereocenters. The topological polar surface area (TPSA) is 87.0 Å². The highest BCUT2D eigenvalue weighted by Crippen LogP contribution is 2.18. The maximum absolute atomic E-state index is 5.77. The molecule has 0 amide bonds. The molecule has 1 aromatic heterocycles. The molecule has 1 unspecified atom stereocenters. The summed E-state index contributed by atoms with van der Waals surface area (Å²) in [5, 5.41) is 3.37. The average Bonchev–Trinajstić information content (AvgIpc) is 2.57. The lowest BCUT2D eigenvalue weighted by Gasteiger charge is -2.07. The predicted molar refractivity (Wildman–Crippen MR) is 97.0 cm³/mol. The first-order chi connectivity index (χ1) is 11.6. The van der Waals surface area contributed by atoms with Crippen molar-refractivity contribution in [3.63, 3.8) is 0 Å². The van der Waals surface area contributed by atoms with E-state index in [1.165, 1.54) is 0 Å². The Hall–Kier alpha value is -2.44. The van der Waals surface area contributed by atoms with Crippen molar-refractivity contribution in [1.29, 1.82) is 0 Å². The van der Waals surface area contributed by atoms with E-state index in [9.17, 15) is 0 Å². The molecular weight excluding hydrogens is 326 g/mol. The smallest absolute Gasteiger partial charge is 0.252 e. The highest BCUT2D eigenvalue weighted by Gasteiger charge is 2.05. The summed E-state index contributed by atoms with van der Waals surface area (Å²) in [6.45, 7) is 4.54. The van der Waals surface area contributed by atoms with Crippen LogP contribution in [-0.2, 0) is 4.74 Å². The molecule has 0 bridgehead atoms. The maximum atomic E-state index is 5.77. The Morgan fingerprint density at radius 1 is 1.38 bits per heavy atom. The SMILES string of the molecule is CCOC(C)[NH+]=CC(=CN)c1ccc(Nc2ccnc(Cl)n2)cc1. The van der Waals surface area contributed by atoms with E-state index in [0.29, 0.717) is 12.4 Å². The monoisotopic (exact) mass is 346 g/mol. The van der Waals surface area contributed by atoms with E-state index in [-0.39, 0.29) is 11.5 Å². The van der Waals surface area contributed by atoms with Crippen molar-refractivity contribution in [2.75, 3.05) is 11.9 Å². The number of ether oxygens (including phenoxy) is 1. The van der Waals surface area contributed by atoms with E-state index in [4.69, 9.17) is 22.1 Å². The van der Waals surface area contributed by atoms with Crippen molar-refractivity contribution in [2.45, 2.75) is 20.1 Å². The van der Waals surface area contributed by atoms with Crippen LogP contribution in [-0.4, -0.2) is 29.0 Å². The number of rotatable bonds is 7. The molecule has 7 heteroatoms. The number of aromatic nitrogens is 2. The molecule has 126 valence electrons. The zero-order valence-electron chi connectivity index (χ0n) is 13.7. The molecule has 2 aromatic rings. The Kier molecular flexibility index (Phi) is 6.72. The summed E-state index contributed by atoms with van der Waals surface area (Å²) in [4.78, 5) is 11.1. The zero-order valence-corrected chi connectivity index (χ0v) is 14.4. The summed E-state index contributed by atoms with van der Waals surface area (Å²) in [7, 11) is 0. The second-order valence-electron chi connectivity index (χ2n) is 4.94. The van der Waals surface area contributed by atoms with E-state index in [1.54, 1.807) is 18.5 Å². The molecule has 1 heterocycles. The molecule has 1 aromatic carbocycles. The van der Waals surface area contributed by atoms with Gasteiger partial charge in [0.1, 0.15) is 5.82 Å². The minimum absolute atomic E-state index is 0.0756. The zero-order chi connectivity index (χ0) is 17.4. The van der Waals surface area contributed by atoms with Gasteiger partial charge in [-0.1, -0.05) is 12.1 Å². The molecule has 0 fully saturated rings. The molecule has 0 aliphatic heterocycles. The standard InChI is InChI=1S/C17H20ClN5O/c1-3-24-12(2)21-11-14(10-19)13-4-6-15(7-5-13)22-16-8-9-20-17(18)23-16/h4-12H,3,19H2,1-2H3,(H,20,22,23)/p+1. The summed E-state index contributed by atoms with van der Waals surface area (Å²) >= 11 is 5.77. The lowest BCUT2D eigenvalue weighted by atomic mass is 10.1. The lowest BCUT2D eigenvalue weighted by molar-refractivity contribution is -0.550. The summed E-state index contributed by atoms with van der Waals surface area (Å²) in [5.74, 6) is 0.635. The van der Waals surface area contributed by atoms with Crippen LogP contribution in [0, 0.1) is 0 Å². The third-order valence-electron chi connectivity index (χ3n) is 3.19. The highest BCUT2D eigenvalue weighted by atomic mass is 35.5. The first kappa shape index (κ1) is 17.9. The summed E-state index contributed by atoms with van der Waals surface area (Å²) in [5.41, 5.74) is 8.47. The van der Waals surface area contributed by atoms with Crippen molar-refractivity contribution in [3.8, 4) is 0 Å². The summed E-state index contributed by atoms with van der Waals surface area (Å²) in [6, 6.07) is 9.56. The number of benzene rings is 1. The van der Waals surface area contributed by atoms with Crippen molar-refractivity contribution >= 4 is 34.9 Å².